The van der Waals surface area contributed by atoms with Gasteiger partial charge in [-0.3, -0.25) is 4.79 Å². The first kappa shape index (κ1) is 20.8. The third kappa shape index (κ3) is 4.74. The number of hydrogen-bond acceptors (Lipinski definition) is 5. The van der Waals surface area contributed by atoms with Crippen LogP contribution in [0.3, 0.4) is 0 Å². The van der Waals surface area contributed by atoms with Crippen LogP contribution in [0.4, 0.5) is 4.39 Å². The van der Waals surface area contributed by atoms with Gasteiger partial charge >= 0.3 is 0 Å². The molecule has 0 saturated carbocycles. The van der Waals surface area contributed by atoms with E-state index < -0.39 is 0 Å². The summed E-state index contributed by atoms with van der Waals surface area (Å²) in [6.45, 7) is 2.21. The zero-order valence-electron chi connectivity index (χ0n) is 16.9. The lowest BCUT2D eigenvalue weighted by atomic mass is 10.1. The lowest BCUT2D eigenvalue weighted by Crippen LogP contribution is -2.26. The molecule has 0 saturated heterocycles. The van der Waals surface area contributed by atoms with E-state index in [0.717, 1.165) is 16.1 Å². The Morgan fingerprint density at radius 2 is 1.86 bits per heavy atom. The summed E-state index contributed by atoms with van der Waals surface area (Å²) in [5.41, 5.74) is 2.51. The summed E-state index contributed by atoms with van der Waals surface area (Å²) in [6.07, 6.45) is 0.562. The second-order valence-electron chi connectivity index (χ2n) is 6.64. The van der Waals surface area contributed by atoms with Crippen LogP contribution in [-0.2, 0) is 13.0 Å². The maximum atomic E-state index is 13.1. The largest absolute Gasteiger partial charge is 0.493 e. The minimum absolute atomic E-state index is 0.102. The number of ether oxygens (including phenoxy) is 2. The van der Waals surface area contributed by atoms with Gasteiger partial charge in [-0.25, -0.2) is 9.37 Å². The average molecular weight is 415 g/mol. The lowest BCUT2D eigenvalue weighted by Gasteiger charge is -2.19. The predicted octanol–water partition coefficient (Wildman–Crippen LogP) is 4.47. The molecular weight excluding hydrogens is 391 g/mol. The number of nitrogens with zero attached hydrogens (tertiary/aromatic N) is 2. The van der Waals surface area contributed by atoms with Crippen LogP contribution in [0.25, 0.3) is 0 Å². The summed E-state index contributed by atoms with van der Waals surface area (Å²) in [5.74, 6) is 0.874. The zero-order valence-corrected chi connectivity index (χ0v) is 17.7. The van der Waals surface area contributed by atoms with Gasteiger partial charge in [0.15, 0.2) is 11.5 Å². The number of carbonyl (C=O) groups excluding carboxylic acids is 1. The van der Waals surface area contributed by atoms with Crippen LogP contribution in [0.1, 0.15) is 31.5 Å². The first-order chi connectivity index (χ1) is 13.9. The third-order valence-corrected chi connectivity index (χ3v) is 5.69. The molecule has 0 fully saturated rings. The molecule has 1 aromatic heterocycles. The Morgan fingerprint density at radius 1 is 1.14 bits per heavy atom. The van der Waals surface area contributed by atoms with E-state index in [-0.39, 0.29) is 11.7 Å². The van der Waals surface area contributed by atoms with Crippen LogP contribution >= 0.6 is 11.3 Å². The number of methoxy groups -OCH3 is 2. The van der Waals surface area contributed by atoms with Gasteiger partial charge in [-0.05, 0) is 30.7 Å². The Labute approximate surface area is 173 Å². The zero-order chi connectivity index (χ0) is 21.0. The fourth-order valence-electron chi connectivity index (χ4n) is 3.08. The fourth-order valence-corrected chi connectivity index (χ4v) is 4.18. The van der Waals surface area contributed by atoms with E-state index in [1.54, 1.807) is 38.3 Å². The first-order valence-electron chi connectivity index (χ1n) is 9.09. The van der Waals surface area contributed by atoms with E-state index in [4.69, 9.17) is 9.47 Å². The summed E-state index contributed by atoms with van der Waals surface area (Å²) in [7, 11) is 4.91. The predicted molar refractivity (Wildman–Crippen MR) is 111 cm³/mol. The first-order valence-corrected chi connectivity index (χ1v) is 9.90. The molecule has 0 radical (unpaired) electrons. The molecule has 0 aliphatic carbocycles. The highest BCUT2D eigenvalue weighted by Crippen LogP contribution is 2.32. The average Bonchev–Trinajstić information content (AvgIpc) is 3.08. The van der Waals surface area contributed by atoms with Crippen molar-refractivity contribution >= 4 is 17.2 Å². The van der Waals surface area contributed by atoms with Gasteiger partial charge in [-0.2, -0.15) is 0 Å². The monoisotopic (exact) mass is 414 g/mol. The second-order valence-corrected chi connectivity index (χ2v) is 7.72. The molecule has 0 aliphatic heterocycles. The van der Waals surface area contributed by atoms with Crippen molar-refractivity contribution in [3.63, 3.8) is 0 Å². The van der Waals surface area contributed by atoms with Crippen LogP contribution < -0.4 is 9.47 Å². The van der Waals surface area contributed by atoms with Crippen molar-refractivity contribution in [1.29, 1.82) is 0 Å². The topological polar surface area (TPSA) is 51.7 Å². The van der Waals surface area contributed by atoms with Crippen molar-refractivity contribution in [3.05, 3.63) is 75.0 Å². The van der Waals surface area contributed by atoms with Crippen molar-refractivity contribution in [2.45, 2.75) is 19.9 Å². The minimum Gasteiger partial charge on any atom is -0.493 e. The van der Waals surface area contributed by atoms with Gasteiger partial charge in [-0.15, -0.1) is 11.3 Å². The van der Waals surface area contributed by atoms with E-state index in [1.165, 1.54) is 23.5 Å². The van der Waals surface area contributed by atoms with Crippen LogP contribution in [0, 0.1) is 12.7 Å². The van der Waals surface area contributed by atoms with E-state index >= 15 is 0 Å². The van der Waals surface area contributed by atoms with Crippen molar-refractivity contribution < 1.29 is 18.7 Å². The standard InChI is InChI=1S/C22H23FN2O3S/c1-14-21(29-19(24-14)12-15-8-10-17(23)11-9-15)22(26)25(2)13-16-6-5-7-18(27-3)20(16)28-4/h5-11H,12-13H2,1-4H3. The van der Waals surface area contributed by atoms with Crippen molar-refractivity contribution in [2.24, 2.45) is 0 Å². The molecule has 7 heteroatoms. The Hall–Kier alpha value is -2.93. The van der Waals surface area contributed by atoms with Crippen molar-refractivity contribution in [1.82, 2.24) is 9.88 Å². The molecule has 152 valence electrons. The number of halogens is 1. The maximum absolute atomic E-state index is 13.1. The molecule has 2 aromatic carbocycles. The van der Waals surface area contributed by atoms with Gasteiger partial charge < -0.3 is 14.4 Å². The Kier molecular flexibility index (Phi) is 6.49. The number of para-hydroxylation sites is 1. The van der Waals surface area contributed by atoms with Crippen LogP contribution in [-0.4, -0.2) is 37.1 Å². The summed E-state index contributed by atoms with van der Waals surface area (Å²) in [5, 5.41) is 0.824. The molecule has 0 bridgehead atoms. The number of carbonyl (C=O) groups is 1. The fraction of sp³-hybridized carbons (Fsp3) is 0.273. The van der Waals surface area contributed by atoms with Gasteiger partial charge in [-0.1, -0.05) is 24.3 Å². The summed E-state index contributed by atoms with van der Waals surface area (Å²) in [4.78, 5) is 19.8. The SMILES string of the molecule is COc1cccc(CN(C)C(=O)c2sc(Cc3ccc(F)cc3)nc2C)c1OC. The molecule has 5 nitrogen and oxygen atoms in total. The van der Waals surface area contributed by atoms with Crippen LogP contribution in [0.15, 0.2) is 42.5 Å². The lowest BCUT2D eigenvalue weighted by molar-refractivity contribution is 0.0788. The Bertz CT molecular complexity index is 1000. The molecule has 0 atom stereocenters. The van der Waals surface area contributed by atoms with Gasteiger partial charge in [0, 0.05) is 25.6 Å². The van der Waals surface area contributed by atoms with Gasteiger partial charge in [0.1, 0.15) is 10.7 Å². The van der Waals surface area contributed by atoms with Gasteiger partial charge in [0.2, 0.25) is 0 Å². The number of aryl methyl sites for hydroxylation is 1. The molecule has 3 aromatic rings. The molecule has 0 aliphatic rings. The number of thiazole rings is 1. The number of hydrogen-bond donors (Lipinski definition) is 0. The highest BCUT2D eigenvalue weighted by atomic mass is 32.1. The molecule has 1 amide bonds. The Balaban J connectivity index is 1.76. The molecule has 1 heterocycles. The number of benzene rings is 2. The minimum atomic E-state index is -0.269. The van der Waals surface area contributed by atoms with Crippen LogP contribution in [0.5, 0.6) is 11.5 Å². The van der Waals surface area contributed by atoms with Crippen LogP contribution in [0.2, 0.25) is 0 Å². The van der Waals surface area contributed by atoms with Crippen molar-refractivity contribution in [2.75, 3.05) is 21.3 Å². The van der Waals surface area contributed by atoms with Gasteiger partial charge in [0.25, 0.3) is 5.91 Å². The van der Waals surface area contributed by atoms with E-state index in [9.17, 15) is 9.18 Å². The number of amides is 1. The summed E-state index contributed by atoms with van der Waals surface area (Å²) < 4.78 is 23.9. The highest BCUT2D eigenvalue weighted by molar-refractivity contribution is 7.13. The number of rotatable bonds is 7. The molecule has 0 N–H and O–H groups in total. The smallest absolute Gasteiger partial charge is 0.265 e. The molecular formula is C22H23FN2O3S. The second kappa shape index (κ2) is 9.05. The quantitative estimate of drug-likeness (QED) is 0.572. The molecule has 3 rings (SSSR count). The molecule has 29 heavy (non-hydrogen) atoms. The van der Waals surface area contributed by atoms with Crippen molar-refractivity contribution in [3.8, 4) is 11.5 Å². The maximum Gasteiger partial charge on any atom is 0.265 e. The molecule has 0 spiro atoms. The highest BCUT2D eigenvalue weighted by Gasteiger charge is 2.21. The van der Waals surface area contributed by atoms with E-state index in [1.807, 2.05) is 25.1 Å². The number of aromatic nitrogens is 1. The Morgan fingerprint density at radius 3 is 2.52 bits per heavy atom. The van der Waals surface area contributed by atoms with E-state index in [0.29, 0.717) is 35.0 Å². The summed E-state index contributed by atoms with van der Waals surface area (Å²) >= 11 is 1.37. The van der Waals surface area contributed by atoms with Gasteiger partial charge in [0.05, 0.1) is 24.9 Å². The normalized spacial score (nSPS) is 10.7. The third-order valence-electron chi connectivity index (χ3n) is 4.54. The van der Waals surface area contributed by atoms with E-state index in [2.05, 4.69) is 4.98 Å². The molecule has 0 unspecified atom stereocenters. The summed E-state index contributed by atoms with van der Waals surface area (Å²) in [6, 6.07) is 11.9.